The number of carbonyl (C=O) groups is 2. The first-order chi connectivity index (χ1) is 13.9. The van der Waals surface area contributed by atoms with E-state index >= 15 is 0 Å². The van der Waals surface area contributed by atoms with E-state index in [1.165, 1.54) is 36.4 Å². The van der Waals surface area contributed by atoms with Crippen LogP contribution in [0.2, 0.25) is 5.02 Å². The summed E-state index contributed by atoms with van der Waals surface area (Å²) < 4.78 is 54.4. The summed E-state index contributed by atoms with van der Waals surface area (Å²) in [5.74, 6) is -7.11. The number of benzene rings is 2. The minimum atomic E-state index is -4.67. The Balaban J connectivity index is 2.37. The molecule has 0 aliphatic heterocycles. The van der Waals surface area contributed by atoms with E-state index in [9.17, 15) is 27.2 Å². The van der Waals surface area contributed by atoms with E-state index in [1.807, 2.05) is 0 Å². The fourth-order valence-electron chi connectivity index (χ4n) is 3.06. The van der Waals surface area contributed by atoms with Crippen molar-refractivity contribution in [2.75, 3.05) is 5.32 Å². The lowest BCUT2D eigenvalue weighted by Crippen LogP contribution is -2.34. The molecule has 1 amide bonds. The van der Waals surface area contributed by atoms with E-state index in [-0.39, 0.29) is 17.7 Å². The lowest BCUT2D eigenvalue weighted by molar-refractivity contribution is -0.178. The number of carboxylic acid groups (broad SMARTS) is 1. The second-order valence-corrected chi connectivity index (χ2v) is 7.52. The van der Waals surface area contributed by atoms with Crippen LogP contribution in [0.25, 0.3) is 0 Å². The SMILES string of the molecule is C[C@H](CC(=O)O)c1ccc(F)c(NC(=O)[C@H](c2ccc(Cl)cc2)[C@@H](C)C(F)(F)F)c1. The Labute approximate surface area is 175 Å². The lowest BCUT2D eigenvalue weighted by atomic mass is 9.85. The van der Waals surface area contributed by atoms with Crippen LogP contribution in [0.1, 0.15) is 43.2 Å². The van der Waals surface area contributed by atoms with Crippen LogP contribution in [0.4, 0.5) is 23.2 Å². The van der Waals surface area contributed by atoms with Gasteiger partial charge in [-0.1, -0.05) is 43.6 Å². The zero-order valence-corrected chi connectivity index (χ0v) is 16.9. The van der Waals surface area contributed by atoms with Crippen molar-refractivity contribution in [1.29, 1.82) is 0 Å². The van der Waals surface area contributed by atoms with Gasteiger partial charge in [0.2, 0.25) is 5.91 Å². The molecule has 0 unspecified atom stereocenters. The zero-order valence-electron chi connectivity index (χ0n) is 16.1. The molecule has 0 heterocycles. The third-order valence-electron chi connectivity index (χ3n) is 4.83. The normalized spacial score (nSPS) is 14.6. The van der Waals surface area contributed by atoms with Gasteiger partial charge in [-0.15, -0.1) is 0 Å². The number of hydrogen-bond acceptors (Lipinski definition) is 2. The average molecular weight is 446 g/mol. The summed E-state index contributed by atoms with van der Waals surface area (Å²) in [5.41, 5.74) is 0.196. The number of alkyl halides is 3. The van der Waals surface area contributed by atoms with Crippen LogP contribution in [0, 0.1) is 11.7 Å². The summed E-state index contributed by atoms with van der Waals surface area (Å²) in [6, 6.07) is 9.01. The van der Waals surface area contributed by atoms with E-state index in [2.05, 4.69) is 5.32 Å². The molecule has 0 bridgehead atoms. The maximum Gasteiger partial charge on any atom is 0.392 e. The van der Waals surface area contributed by atoms with Crippen LogP contribution < -0.4 is 5.32 Å². The molecular weight excluding hydrogens is 426 g/mol. The molecule has 4 nitrogen and oxygen atoms in total. The molecule has 2 N–H and O–H groups in total. The second kappa shape index (κ2) is 9.47. The third kappa shape index (κ3) is 5.95. The quantitative estimate of drug-likeness (QED) is 0.515. The maximum atomic E-state index is 14.2. The molecule has 9 heteroatoms. The Morgan fingerprint density at radius 3 is 2.17 bits per heavy atom. The van der Waals surface area contributed by atoms with Gasteiger partial charge in [-0.3, -0.25) is 9.59 Å². The molecule has 3 atom stereocenters. The highest BCUT2D eigenvalue weighted by molar-refractivity contribution is 6.30. The molecule has 0 aliphatic rings. The largest absolute Gasteiger partial charge is 0.481 e. The summed E-state index contributed by atoms with van der Waals surface area (Å²) in [4.78, 5) is 23.7. The molecule has 0 saturated carbocycles. The molecule has 0 radical (unpaired) electrons. The fraction of sp³-hybridized carbons (Fsp3) is 0.333. The number of rotatable bonds is 7. The van der Waals surface area contributed by atoms with Crippen molar-refractivity contribution in [1.82, 2.24) is 0 Å². The standard InChI is InChI=1S/C21H20ClF4NO3/c1-11(9-18(28)29)14-5-8-16(23)17(10-14)27-20(30)19(12(2)21(24,25)26)13-3-6-15(22)7-4-13/h3-8,10-12,19H,9H2,1-2H3,(H,27,30)(H,28,29)/t11-,12-,19+/m1/s1. The fourth-order valence-corrected chi connectivity index (χ4v) is 3.19. The first-order valence-corrected chi connectivity index (χ1v) is 9.42. The third-order valence-corrected chi connectivity index (χ3v) is 5.08. The van der Waals surface area contributed by atoms with Gasteiger partial charge in [0.25, 0.3) is 0 Å². The van der Waals surface area contributed by atoms with E-state index in [0.29, 0.717) is 10.6 Å². The number of hydrogen-bond donors (Lipinski definition) is 2. The van der Waals surface area contributed by atoms with Gasteiger partial charge in [-0.2, -0.15) is 13.2 Å². The van der Waals surface area contributed by atoms with Gasteiger partial charge in [-0.05, 0) is 41.3 Å². The number of aliphatic carboxylic acids is 1. The summed E-state index contributed by atoms with van der Waals surface area (Å²) in [6.45, 7) is 2.48. The van der Waals surface area contributed by atoms with Crippen molar-refractivity contribution in [2.45, 2.75) is 38.3 Å². The van der Waals surface area contributed by atoms with Gasteiger partial charge < -0.3 is 10.4 Å². The van der Waals surface area contributed by atoms with Crippen molar-refractivity contribution < 1.29 is 32.3 Å². The smallest absolute Gasteiger partial charge is 0.392 e. The van der Waals surface area contributed by atoms with Crippen LogP contribution in [-0.2, 0) is 9.59 Å². The van der Waals surface area contributed by atoms with Gasteiger partial charge >= 0.3 is 12.1 Å². The predicted molar refractivity (Wildman–Crippen MR) is 105 cm³/mol. The highest BCUT2D eigenvalue weighted by Gasteiger charge is 2.45. The Morgan fingerprint density at radius 2 is 1.63 bits per heavy atom. The van der Waals surface area contributed by atoms with Crippen molar-refractivity contribution >= 4 is 29.2 Å². The number of carboxylic acids is 1. The minimum absolute atomic E-state index is 0.0810. The zero-order chi connectivity index (χ0) is 22.6. The maximum absolute atomic E-state index is 14.2. The molecule has 2 rings (SSSR count). The van der Waals surface area contributed by atoms with Crippen molar-refractivity contribution in [3.8, 4) is 0 Å². The van der Waals surface area contributed by atoms with Crippen LogP contribution in [0.15, 0.2) is 42.5 Å². The summed E-state index contributed by atoms with van der Waals surface area (Å²) in [5, 5.41) is 11.4. The van der Waals surface area contributed by atoms with Gasteiger partial charge in [0.15, 0.2) is 0 Å². The lowest BCUT2D eigenvalue weighted by Gasteiger charge is -2.26. The molecule has 0 aliphatic carbocycles. The number of anilines is 1. The molecule has 0 fully saturated rings. The Hall–Kier alpha value is -2.61. The monoisotopic (exact) mass is 445 g/mol. The summed E-state index contributed by atoms with van der Waals surface area (Å²) in [7, 11) is 0. The molecule has 30 heavy (non-hydrogen) atoms. The van der Waals surface area contributed by atoms with Gasteiger partial charge in [-0.25, -0.2) is 4.39 Å². The first kappa shape index (κ1) is 23.7. The number of amides is 1. The second-order valence-electron chi connectivity index (χ2n) is 7.09. The van der Waals surface area contributed by atoms with Gasteiger partial charge in [0.05, 0.1) is 23.9 Å². The Kier molecular flexibility index (Phi) is 7.47. The van der Waals surface area contributed by atoms with Crippen molar-refractivity contribution in [3.63, 3.8) is 0 Å². The highest BCUT2D eigenvalue weighted by Crippen LogP contribution is 2.38. The van der Waals surface area contributed by atoms with Crippen LogP contribution in [0.3, 0.4) is 0 Å². The van der Waals surface area contributed by atoms with Crippen LogP contribution in [-0.4, -0.2) is 23.2 Å². The average Bonchev–Trinajstić information content (AvgIpc) is 2.63. The van der Waals surface area contributed by atoms with Gasteiger partial charge in [0, 0.05) is 5.02 Å². The van der Waals surface area contributed by atoms with E-state index in [4.69, 9.17) is 16.7 Å². The van der Waals surface area contributed by atoms with E-state index < -0.39 is 41.6 Å². The van der Waals surface area contributed by atoms with Gasteiger partial charge in [0.1, 0.15) is 5.82 Å². The highest BCUT2D eigenvalue weighted by atomic mass is 35.5. The Bertz CT molecular complexity index is 915. The molecule has 2 aromatic rings. The molecule has 0 saturated heterocycles. The number of halogens is 5. The molecule has 162 valence electrons. The molecular formula is C21H20ClF4NO3. The summed E-state index contributed by atoms with van der Waals surface area (Å²) >= 11 is 5.78. The summed E-state index contributed by atoms with van der Waals surface area (Å²) in [6.07, 6.45) is -4.89. The van der Waals surface area contributed by atoms with Crippen molar-refractivity contribution in [2.24, 2.45) is 5.92 Å². The molecule has 0 spiro atoms. The molecule has 0 aromatic heterocycles. The van der Waals surface area contributed by atoms with Crippen molar-refractivity contribution in [3.05, 3.63) is 64.4 Å². The molecule has 2 aromatic carbocycles. The number of nitrogens with one attached hydrogen (secondary N) is 1. The van der Waals surface area contributed by atoms with Crippen LogP contribution >= 0.6 is 11.6 Å². The number of carbonyl (C=O) groups excluding carboxylic acids is 1. The topological polar surface area (TPSA) is 66.4 Å². The van der Waals surface area contributed by atoms with E-state index in [0.717, 1.165) is 13.0 Å². The van der Waals surface area contributed by atoms with E-state index in [1.54, 1.807) is 6.92 Å². The predicted octanol–water partition coefficient (Wildman–Crippen LogP) is 5.98. The van der Waals surface area contributed by atoms with Crippen LogP contribution in [0.5, 0.6) is 0 Å². The Morgan fingerprint density at radius 1 is 1.07 bits per heavy atom. The first-order valence-electron chi connectivity index (χ1n) is 9.04. The minimum Gasteiger partial charge on any atom is -0.481 e.